The van der Waals surface area contributed by atoms with Crippen LogP contribution in [0.2, 0.25) is 0 Å². The van der Waals surface area contributed by atoms with Gasteiger partial charge < -0.3 is 10.1 Å². The van der Waals surface area contributed by atoms with Crippen LogP contribution in [-0.4, -0.2) is 16.4 Å². The first-order chi connectivity index (χ1) is 8.70. The van der Waals surface area contributed by atoms with Crippen LogP contribution in [0.15, 0.2) is 36.5 Å². The van der Waals surface area contributed by atoms with Crippen LogP contribution in [0, 0.1) is 0 Å². The summed E-state index contributed by atoms with van der Waals surface area (Å²) >= 11 is 0. The van der Waals surface area contributed by atoms with E-state index < -0.39 is 0 Å². The lowest BCUT2D eigenvalue weighted by molar-refractivity contribution is 0.340. The van der Waals surface area contributed by atoms with Crippen LogP contribution < -0.4 is 10.1 Å². The molecule has 18 heavy (non-hydrogen) atoms. The van der Waals surface area contributed by atoms with Gasteiger partial charge in [-0.25, -0.2) is 0 Å². The molecule has 96 valence electrons. The summed E-state index contributed by atoms with van der Waals surface area (Å²) in [6, 6.07) is 10.2. The molecule has 2 aromatic rings. The van der Waals surface area contributed by atoms with Crippen molar-refractivity contribution in [3.8, 4) is 5.75 Å². The number of nitrogens with one attached hydrogen (secondary N) is 1. The predicted molar refractivity (Wildman–Crippen MR) is 72.9 cm³/mol. The Morgan fingerprint density at radius 1 is 1.28 bits per heavy atom. The molecule has 0 bridgehead atoms. The summed E-state index contributed by atoms with van der Waals surface area (Å²) in [6.07, 6.45) is 1.81. The Bertz CT molecular complexity index is 490. The van der Waals surface area contributed by atoms with Crippen LogP contribution in [-0.2, 0) is 7.05 Å². The van der Waals surface area contributed by atoms with E-state index in [1.807, 2.05) is 55.2 Å². The summed E-state index contributed by atoms with van der Waals surface area (Å²) in [5, 5.41) is 7.61. The Kier molecular flexibility index (Phi) is 3.87. The van der Waals surface area contributed by atoms with Gasteiger partial charge in [-0.15, -0.1) is 0 Å². The molecule has 0 radical (unpaired) electrons. The molecule has 0 aliphatic heterocycles. The van der Waals surface area contributed by atoms with Gasteiger partial charge in [-0.3, -0.25) is 4.68 Å². The molecule has 0 aliphatic carbocycles. The van der Waals surface area contributed by atoms with Crippen LogP contribution >= 0.6 is 0 Å². The Hall–Kier alpha value is -1.97. The van der Waals surface area contributed by atoms with E-state index in [4.69, 9.17) is 4.74 Å². The van der Waals surface area contributed by atoms with Crippen LogP contribution in [0.4, 0.5) is 5.69 Å². The summed E-state index contributed by atoms with van der Waals surface area (Å²) in [7, 11) is 1.95. The zero-order valence-electron chi connectivity index (χ0n) is 11.1. The molecule has 0 aliphatic rings. The van der Waals surface area contributed by atoms with Gasteiger partial charge >= 0.3 is 0 Å². The first-order valence-corrected chi connectivity index (χ1v) is 6.18. The Morgan fingerprint density at radius 2 is 2.00 bits per heavy atom. The van der Waals surface area contributed by atoms with Gasteiger partial charge in [0.05, 0.1) is 18.3 Å². The van der Waals surface area contributed by atoms with Gasteiger partial charge in [-0.05, 0) is 44.2 Å². The zero-order valence-corrected chi connectivity index (χ0v) is 11.1. The average Bonchev–Trinajstić information content (AvgIpc) is 2.78. The third-order valence-electron chi connectivity index (χ3n) is 2.85. The van der Waals surface area contributed by atoms with Crippen molar-refractivity contribution in [3.05, 3.63) is 42.2 Å². The van der Waals surface area contributed by atoms with E-state index in [2.05, 4.69) is 17.3 Å². The number of rotatable bonds is 5. The summed E-state index contributed by atoms with van der Waals surface area (Å²) < 4.78 is 7.30. The summed E-state index contributed by atoms with van der Waals surface area (Å²) in [5.74, 6) is 0.899. The van der Waals surface area contributed by atoms with Crippen molar-refractivity contribution in [3.63, 3.8) is 0 Å². The van der Waals surface area contributed by atoms with Gasteiger partial charge in [-0.2, -0.15) is 5.10 Å². The predicted octanol–water partition coefficient (Wildman–Crippen LogP) is 2.99. The van der Waals surface area contributed by atoms with Crippen molar-refractivity contribution in [1.29, 1.82) is 0 Å². The number of hydrogen-bond donors (Lipinski definition) is 1. The van der Waals surface area contributed by atoms with Gasteiger partial charge in [0.15, 0.2) is 0 Å². The lowest BCUT2D eigenvalue weighted by atomic mass is 10.2. The molecule has 0 saturated carbocycles. The zero-order chi connectivity index (χ0) is 13.0. The van der Waals surface area contributed by atoms with E-state index in [1.165, 1.54) is 0 Å². The van der Waals surface area contributed by atoms with Gasteiger partial charge in [0, 0.05) is 18.9 Å². The van der Waals surface area contributed by atoms with Crippen molar-refractivity contribution in [1.82, 2.24) is 9.78 Å². The molecule has 2 rings (SSSR count). The molecule has 0 fully saturated rings. The van der Waals surface area contributed by atoms with Crippen molar-refractivity contribution in [2.75, 3.05) is 11.9 Å². The Morgan fingerprint density at radius 3 is 2.56 bits per heavy atom. The van der Waals surface area contributed by atoms with Crippen LogP contribution in [0.1, 0.15) is 25.6 Å². The fourth-order valence-corrected chi connectivity index (χ4v) is 1.95. The van der Waals surface area contributed by atoms with Crippen molar-refractivity contribution in [2.24, 2.45) is 7.05 Å². The van der Waals surface area contributed by atoms with Crippen LogP contribution in [0.25, 0.3) is 0 Å². The highest BCUT2D eigenvalue weighted by atomic mass is 16.5. The van der Waals surface area contributed by atoms with E-state index in [0.29, 0.717) is 6.61 Å². The summed E-state index contributed by atoms with van der Waals surface area (Å²) in [4.78, 5) is 0. The van der Waals surface area contributed by atoms with Crippen molar-refractivity contribution >= 4 is 5.69 Å². The summed E-state index contributed by atoms with van der Waals surface area (Å²) in [5.41, 5.74) is 2.23. The maximum atomic E-state index is 5.42. The first-order valence-electron chi connectivity index (χ1n) is 6.18. The second kappa shape index (κ2) is 5.58. The lowest BCUT2D eigenvalue weighted by Gasteiger charge is -2.15. The highest BCUT2D eigenvalue weighted by molar-refractivity contribution is 5.47. The molecule has 4 nitrogen and oxygen atoms in total. The second-order valence-electron chi connectivity index (χ2n) is 4.20. The van der Waals surface area contributed by atoms with E-state index in [9.17, 15) is 0 Å². The highest BCUT2D eigenvalue weighted by Crippen LogP contribution is 2.21. The molecular formula is C14H19N3O. The molecule has 0 saturated heterocycles. The molecule has 4 heteroatoms. The molecule has 1 unspecified atom stereocenters. The smallest absolute Gasteiger partial charge is 0.119 e. The van der Waals surface area contributed by atoms with Gasteiger partial charge in [0.25, 0.3) is 0 Å². The molecule has 1 atom stereocenters. The first kappa shape index (κ1) is 12.5. The average molecular weight is 245 g/mol. The number of hydrogen-bond acceptors (Lipinski definition) is 3. The molecule has 1 aromatic heterocycles. The monoisotopic (exact) mass is 245 g/mol. The number of aryl methyl sites for hydroxylation is 1. The number of nitrogens with zero attached hydrogens (tertiary/aromatic N) is 2. The molecular weight excluding hydrogens is 226 g/mol. The Labute approximate surface area is 108 Å². The standard InChI is InChI=1S/C14H19N3O/c1-4-18-13-7-5-12(6-8-13)16-11(2)14-9-10-15-17(14)3/h5-11,16H,4H2,1-3H3. The third-order valence-corrected chi connectivity index (χ3v) is 2.85. The number of aromatic nitrogens is 2. The van der Waals surface area contributed by atoms with E-state index in [1.54, 1.807) is 0 Å². The van der Waals surface area contributed by atoms with Crippen molar-refractivity contribution in [2.45, 2.75) is 19.9 Å². The maximum Gasteiger partial charge on any atom is 0.119 e. The van der Waals surface area contributed by atoms with E-state index in [0.717, 1.165) is 17.1 Å². The Balaban J connectivity index is 2.03. The molecule has 1 heterocycles. The molecule has 1 N–H and O–H groups in total. The minimum atomic E-state index is 0.218. The number of benzene rings is 1. The largest absolute Gasteiger partial charge is 0.494 e. The third kappa shape index (κ3) is 2.83. The SMILES string of the molecule is CCOc1ccc(NC(C)c2ccnn2C)cc1. The van der Waals surface area contributed by atoms with Crippen LogP contribution in [0.5, 0.6) is 5.75 Å². The lowest BCUT2D eigenvalue weighted by Crippen LogP contribution is -2.11. The highest BCUT2D eigenvalue weighted by Gasteiger charge is 2.08. The van der Waals surface area contributed by atoms with Gasteiger partial charge in [-0.1, -0.05) is 0 Å². The number of anilines is 1. The molecule has 1 aromatic carbocycles. The van der Waals surface area contributed by atoms with Gasteiger partial charge in [0.2, 0.25) is 0 Å². The normalized spacial score (nSPS) is 12.2. The second-order valence-corrected chi connectivity index (χ2v) is 4.20. The molecule has 0 amide bonds. The fourth-order valence-electron chi connectivity index (χ4n) is 1.95. The summed E-state index contributed by atoms with van der Waals surface area (Å²) in [6.45, 7) is 4.79. The topological polar surface area (TPSA) is 39.1 Å². The quantitative estimate of drug-likeness (QED) is 0.880. The van der Waals surface area contributed by atoms with Crippen LogP contribution in [0.3, 0.4) is 0 Å². The minimum Gasteiger partial charge on any atom is -0.494 e. The number of ether oxygens (including phenoxy) is 1. The minimum absolute atomic E-state index is 0.218. The van der Waals surface area contributed by atoms with Gasteiger partial charge in [0.1, 0.15) is 5.75 Å². The molecule has 0 spiro atoms. The van der Waals surface area contributed by atoms with Crippen molar-refractivity contribution < 1.29 is 4.74 Å². The maximum absolute atomic E-state index is 5.42. The van der Waals surface area contributed by atoms with E-state index in [-0.39, 0.29) is 6.04 Å². The fraction of sp³-hybridized carbons (Fsp3) is 0.357. The van der Waals surface area contributed by atoms with E-state index >= 15 is 0 Å².